The Bertz CT molecular complexity index is 463. The smallest absolute Gasteiger partial charge is 0.406 e. The van der Waals surface area contributed by atoms with E-state index in [1.165, 1.54) is 13.8 Å². The molecule has 0 radical (unpaired) electrons. The van der Waals surface area contributed by atoms with Crippen molar-refractivity contribution in [2.75, 3.05) is 19.6 Å². The molecule has 0 aromatic carbocycles. The minimum Gasteiger partial charge on any atom is -0.481 e. The summed E-state index contributed by atoms with van der Waals surface area (Å²) in [5.41, 5.74) is -1.01. The van der Waals surface area contributed by atoms with E-state index in [0.29, 0.717) is 4.90 Å². The van der Waals surface area contributed by atoms with Gasteiger partial charge in [0.25, 0.3) is 0 Å². The quantitative estimate of drug-likeness (QED) is 0.763. The predicted octanol–water partition coefficient (Wildman–Crippen LogP) is 1.01. The fourth-order valence-corrected chi connectivity index (χ4v) is 2.07. The molecule has 9 heteroatoms. The van der Waals surface area contributed by atoms with Gasteiger partial charge in [0.1, 0.15) is 6.54 Å². The molecule has 6 nitrogen and oxygen atoms in total. The lowest BCUT2D eigenvalue weighted by atomic mass is 9.89. The summed E-state index contributed by atoms with van der Waals surface area (Å²) in [6.45, 7) is 1.47. The van der Waals surface area contributed by atoms with Crippen LogP contribution >= 0.6 is 0 Å². The van der Waals surface area contributed by atoms with Crippen LogP contribution in [-0.2, 0) is 14.4 Å². The Balaban J connectivity index is 2.45. The van der Waals surface area contributed by atoms with Crippen molar-refractivity contribution in [2.45, 2.75) is 32.9 Å². The lowest BCUT2D eigenvalue weighted by Gasteiger charge is -2.20. The first-order valence-corrected chi connectivity index (χ1v) is 6.78. The van der Waals surface area contributed by atoms with E-state index in [4.69, 9.17) is 5.11 Å². The average Bonchev–Trinajstić information content (AvgIpc) is 2.68. The summed E-state index contributed by atoms with van der Waals surface area (Å²) in [5, 5.41) is 11.4. The number of nitrogens with one attached hydrogen (secondary N) is 1. The molecule has 1 aliphatic heterocycles. The van der Waals surface area contributed by atoms with E-state index in [1.807, 2.05) is 0 Å². The number of halogens is 3. The fraction of sp³-hybridized carbons (Fsp3) is 0.769. The Morgan fingerprint density at radius 3 is 2.45 bits per heavy atom. The molecule has 1 unspecified atom stereocenters. The van der Waals surface area contributed by atoms with Gasteiger partial charge in [-0.1, -0.05) is 0 Å². The van der Waals surface area contributed by atoms with Crippen molar-refractivity contribution in [1.82, 2.24) is 10.2 Å². The monoisotopic (exact) mass is 324 g/mol. The predicted molar refractivity (Wildman–Crippen MR) is 69.8 cm³/mol. The number of carboxylic acid groups (broad SMARTS) is 1. The second-order valence-corrected chi connectivity index (χ2v) is 6.02. The van der Waals surface area contributed by atoms with Gasteiger partial charge in [-0.25, -0.2) is 0 Å². The second-order valence-electron chi connectivity index (χ2n) is 6.02. The fourth-order valence-electron chi connectivity index (χ4n) is 2.07. The van der Waals surface area contributed by atoms with Gasteiger partial charge < -0.3 is 15.3 Å². The Morgan fingerprint density at radius 1 is 1.36 bits per heavy atom. The van der Waals surface area contributed by atoms with Crippen molar-refractivity contribution < 1.29 is 32.7 Å². The molecule has 1 atom stereocenters. The van der Waals surface area contributed by atoms with Crippen LogP contribution in [0.1, 0.15) is 26.7 Å². The summed E-state index contributed by atoms with van der Waals surface area (Å²) in [6, 6.07) is 0. The van der Waals surface area contributed by atoms with E-state index >= 15 is 0 Å². The molecule has 0 aromatic rings. The first-order valence-electron chi connectivity index (χ1n) is 6.78. The zero-order valence-corrected chi connectivity index (χ0v) is 12.4. The highest BCUT2D eigenvalue weighted by molar-refractivity contribution is 5.89. The summed E-state index contributed by atoms with van der Waals surface area (Å²) >= 11 is 0. The number of amides is 2. The van der Waals surface area contributed by atoms with Crippen LogP contribution in [0.15, 0.2) is 0 Å². The van der Waals surface area contributed by atoms with Crippen LogP contribution in [-0.4, -0.2) is 53.6 Å². The summed E-state index contributed by atoms with van der Waals surface area (Å²) in [4.78, 5) is 34.8. The van der Waals surface area contributed by atoms with Crippen molar-refractivity contribution in [3.05, 3.63) is 0 Å². The number of likely N-dealkylation sites (tertiary alicyclic amines) is 1. The Kier molecular flexibility index (Phi) is 5.42. The molecule has 0 bridgehead atoms. The molecular formula is C13H19F3N2O4. The van der Waals surface area contributed by atoms with E-state index < -0.39 is 41.8 Å². The van der Waals surface area contributed by atoms with Crippen LogP contribution < -0.4 is 5.32 Å². The zero-order valence-electron chi connectivity index (χ0n) is 12.4. The molecule has 1 fully saturated rings. The van der Waals surface area contributed by atoms with Gasteiger partial charge in [0.2, 0.25) is 11.8 Å². The molecule has 22 heavy (non-hydrogen) atoms. The van der Waals surface area contributed by atoms with Crippen molar-refractivity contribution in [3.63, 3.8) is 0 Å². The number of aliphatic carboxylic acids is 1. The van der Waals surface area contributed by atoms with Crippen LogP contribution in [0.3, 0.4) is 0 Å². The average molecular weight is 324 g/mol. The molecule has 126 valence electrons. The Hall–Kier alpha value is -1.80. The van der Waals surface area contributed by atoms with E-state index in [2.05, 4.69) is 5.32 Å². The van der Waals surface area contributed by atoms with Crippen LogP contribution in [0.2, 0.25) is 0 Å². The maximum Gasteiger partial charge on any atom is 0.406 e. The van der Waals surface area contributed by atoms with E-state index in [0.717, 1.165) is 0 Å². The summed E-state index contributed by atoms with van der Waals surface area (Å²) in [5.74, 6) is -3.07. The molecule has 1 aliphatic rings. The molecule has 0 spiro atoms. The number of carboxylic acids is 1. The summed E-state index contributed by atoms with van der Waals surface area (Å²) in [7, 11) is 0. The third-order valence-electron chi connectivity index (χ3n) is 3.58. The lowest BCUT2D eigenvalue weighted by molar-refractivity contribution is -0.157. The number of carbonyl (C=O) groups is 3. The maximum atomic E-state index is 12.3. The Morgan fingerprint density at radius 2 is 1.95 bits per heavy atom. The van der Waals surface area contributed by atoms with Gasteiger partial charge in [0, 0.05) is 19.5 Å². The van der Waals surface area contributed by atoms with Gasteiger partial charge in [-0.3, -0.25) is 14.4 Å². The van der Waals surface area contributed by atoms with Crippen molar-refractivity contribution >= 4 is 17.8 Å². The summed E-state index contributed by atoms with van der Waals surface area (Å²) < 4.78 is 36.8. The number of hydrogen-bond acceptors (Lipinski definition) is 3. The minimum atomic E-state index is -4.49. The first-order chi connectivity index (χ1) is 9.92. The van der Waals surface area contributed by atoms with Crippen LogP contribution in [0.4, 0.5) is 13.2 Å². The van der Waals surface area contributed by atoms with Gasteiger partial charge in [-0.05, 0) is 20.3 Å². The van der Waals surface area contributed by atoms with E-state index in [9.17, 15) is 27.6 Å². The molecular weight excluding hydrogens is 305 g/mol. The third-order valence-corrected chi connectivity index (χ3v) is 3.58. The number of hydrogen-bond donors (Lipinski definition) is 2. The van der Waals surface area contributed by atoms with Crippen LogP contribution in [0.5, 0.6) is 0 Å². The van der Waals surface area contributed by atoms with Gasteiger partial charge >= 0.3 is 12.1 Å². The molecule has 0 saturated carbocycles. The standard InChI is InChI=1S/C13H19F3N2O4/c1-12(2,11(21)22)3-4-17-10(20)8-5-9(19)18(6-8)7-13(14,15)16/h8H,3-7H2,1-2H3,(H,17,20)(H,21,22). The lowest BCUT2D eigenvalue weighted by Crippen LogP contribution is -2.38. The van der Waals surface area contributed by atoms with Gasteiger partial charge in [-0.2, -0.15) is 13.2 Å². The van der Waals surface area contributed by atoms with Crippen LogP contribution in [0.25, 0.3) is 0 Å². The highest BCUT2D eigenvalue weighted by atomic mass is 19.4. The molecule has 2 amide bonds. The molecule has 1 saturated heterocycles. The maximum absolute atomic E-state index is 12.3. The second kappa shape index (κ2) is 6.53. The zero-order chi connectivity index (χ0) is 17.1. The number of rotatable bonds is 6. The van der Waals surface area contributed by atoms with Crippen LogP contribution in [0, 0.1) is 11.3 Å². The van der Waals surface area contributed by atoms with E-state index in [-0.39, 0.29) is 25.9 Å². The highest BCUT2D eigenvalue weighted by Crippen LogP contribution is 2.24. The SMILES string of the molecule is CC(C)(CCNC(=O)C1CC(=O)N(CC(F)(F)F)C1)C(=O)O. The highest BCUT2D eigenvalue weighted by Gasteiger charge is 2.40. The third kappa shape index (κ3) is 5.19. The largest absolute Gasteiger partial charge is 0.481 e. The van der Waals surface area contributed by atoms with Gasteiger partial charge in [-0.15, -0.1) is 0 Å². The van der Waals surface area contributed by atoms with Gasteiger partial charge in [0.05, 0.1) is 11.3 Å². The van der Waals surface area contributed by atoms with Gasteiger partial charge in [0.15, 0.2) is 0 Å². The minimum absolute atomic E-state index is 0.0854. The van der Waals surface area contributed by atoms with Crippen molar-refractivity contribution in [1.29, 1.82) is 0 Å². The topological polar surface area (TPSA) is 86.7 Å². The molecule has 1 rings (SSSR count). The first kappa shape index (κ1) is 18.2. The number of carbonyl (C=O) groups excluding carboxylic acids is 2. The molecule has 0 aromatic heterocycles. The van der Waals surface area contributed by atoms with Crippen molar-refractivity contribution in [2.24, 2.45) is 11.3 Å². The number of nitrogens with zero attached hydrogens (tertiary/aromatic N) is 1. The molecule has 0 aliphatic carbocycles. The normalized spacial score (nSPS) is 19.4. The molecule has 1 heterocycles. The van der Waals surface area contributed by atoms with E-state index in [1.54, 1.807) is 0 Å². The van der Waals surface area contributed by atoms with Crippen molar-refractivity contribution in [3.8, 4) is 0 Å². The molecule has 2 N–H and O–H groups in total. The summed E-state index contributed by atoms with van der Waals surface area (Å²) in [6.07, 6.45) is -4.57. The number of alkyl halides is 3. The Labute approximate surface area is 125 Å².